The summed E-state index contributed by atoms with van der Waals surface area (Å²) in [6.45, 7) is 18.6. The van der Waals surface area contributed by atoms with Gasteiger partial charge in [-0.2, -0.15) is 0 Å². The molecular formula is C18H36O3Si2. The minimum Gasteiger partial charge on any atom is -0.417 e. The highest BCUT2D eigenvalue weighted by Gasteiger charge is 2.12. The lowest BCUT2D eigenvalue weighted by Crippen LogP contribution is -2.25. The van der Waals surface area contributed by atoms with Crippen LogP contribution in [0.3, 0.4) is 0 Å². The van der Waals surface area contributed by atoms with Crippen molar-refractivity contribution >= 4 is 22.7 Å². The molecule has 0 spiro atoms. The summed E-state index contributed by atoms with van der Waals surface area (Å²) in [6, 6.07) is 0. The van der Waals surface area contributed by atoms with Crippen LogP contribution < -0.4 is 0 Å². The van der Waals surface area contributed by atoms with Crippen LogP contribution in [0, 0.1) is 11.5 Å². The van der Waals surface area contributed by atoms with E-state index in [1.165, 1.54) is 6.92 Å². The molecule has 0 fully saturated rings. The Kier molecular flexibility index (Phi) is 14.7. The quantitative estimate of drug-likeness (QED) is 0.242. The van der Waals surface area contributed by atoms with Gasteiger partial charge in [0.2, 0.25) is 0 Å². The first-order chi connectivity index (χ1) is 10.5. The molecule has 1 rings (SSSR count). The molecule has 5 heteroatoms. The summed E-state index contributed by atoms with van der Waals surface area (Å²) < 4.78 is 10.9. The summed E-state index contributed by atoms with van der Waals surface area (Å²) >= 11 is 0. The first-order valence-corrected chi connectivity index (χ1v) is 15.2. The maximum absolute atomic E-state index is 8.81. The molecule has 1 unspecified atom stereocenters. The SMILES string of the molecule is CC1C=CCCO1.CC=O.C[Si](C)(C)C#CCCO[Si](C)(C)C. The largest absolute Gasteiger partial charge is 0.417 e. The molecule has 0 aromatic rings. The summed E-state index contributed by atoms with van der Waals surface area (Å²) in [7, 11) is -2.47. The van der Waals surface area contributed by atoms with Crippen molar-refractivity contribution in [2.45, 2.75) is 72.1 Å². The molecule has 23 heavy (non-hydrogen) atoms. The Bertz CT molecular complexity index is 382. The van der Waals surface area contributed by atoms with E-state index in [9.17, 15) is 0 Å². The van der Waals surface area contributed by atoms with Crippen molar-refractivity contribution in [2.24, 2.45) is 0 Å². The first kappa shape index (κ1) is 24.6. The summed E-state index contributed by atoms with van der Waals surface area (Å²) in [5, 5.41) is 0. The van der Waals surface area contributed by atoms with Gasteiger partial charge in [0.1, 0.15) is 14.4 Å². The number of hydrogen-bond acceptors (Lipinski definition) is 3. The third kappa shape index (κ3) is 26.5. The van der Waals surface area contributed by atoms with Crippen LogP contribution in [0.5, 0.6) is 0 Å². The molecule has 3 nitrogen and oxygen atoms in total. The Labute approximate surface area is 146 Å². The summed E-state index contributed by atoms with van der Waals surface area (Å²) in [6.07, 6.45) is 7.34. The van der Waals surface area contributed by atoms with Crippen LogP contribution in [0.2, 0.25) is 39.3 Å². The standard InChI is InChI=1S/C10H22OSi2.C6H10O.C2H4O/c1-12(2,3)10-8-7-9-11-13(4,5)6;1-6-4-2-3-5-7-6;1-2-3/h7,9H2,1-6H3;2,4,6H,3,5H2,1H3;2H,1H3. The van der Waals surface area contributed by atoms with E-state index < -0.39 is 16.4 Å². The van der Waals surface area contributed by atoms with Crippen LogP contribution >= 0.6 is 0 Å². The molecular weight excluding hydrogens is 320 g/mol. The van der Waals surface area contributed by atoms with Gasteiger partial charge in [0.05, 0.1) is 12.7 Å². The second-order valence-electron chi connectivity index (χ2n) is 7.29. The van der Waals surface area contributed by atoms with Crippen LogP contribution in [0.1, 0.15) is 26.7 Å². The zero-order chi connectivity index (χ0) is 18.4. The number of rotatable bonds is 3. The molecule has 1 atom stereocenters. The van der Waals surface area contributed by atoms with Crippen LogP contribution in [0.4, 0.5) is 0 Å². The van der Waals surface area contributed by atoms with Gasteiger partial charge >= 0.3 is 0 Å². The Morgan fingerprint density at radius 3 is 2.13 bits per heavy atom. The van der Waals surface area contributed by atoms with E-state index in [4.69, 9.17) is 14.0 Å². The number of carbonyl (C=O) groups excluding carboxylic acids is 1. The van der Waals surface area contributed by atoms with Gasteiger partial charge in [-0.3, -0.25) is 0 Å². The average molecular weight is 357 g/mol. The second kappa shape index (κ2) is 13.7. The summed E-state index contributed by atoms with van der Waals surface area (Å²) in [5.74, 6) is 3.21. The molecule has 0 amide bonds. The van der Waals surface area contributed by atoms with Gasteiger partial charge in [0, 0.05) is 13.0 Å². The van der Waals surface area contributed by atoms with Gasteiger partial charge in [-0.15, -0.1) is 11.5 Å². The number of ether oxygens (including phenoxy) is 1. The van der Waals surface area contributed by atoms with E-state index in [0.717, 1.165) is 32.3 Å². The number of hydrogen-bond donors (Lipinski definition) is 0. The van der Waals surface area contributed by atoms with Crippen molar-refractivity contribution < 1.29 is 14.0 Å². The fourth-order valence-electron chi connectivity index (χ4n) is 1.40. The van der Waals surface area contributed by atoms with Crippen molar-refractivity contribution in [3.63, 3.8) is 0 Å². The highest BCUT2D eigenvalue weighted by Crippen LogP contribution is 2.03. The molecule has 1 aliphatic heterocycles. The summed E-state index contributed by atoms with van der Waals surface area (Å²) in [5.41, 5.74) is 3.33. The fraction of sp³-hybridized carbons (Fsp3) is 0.722. The lowest BCUT2D eigenvalue weighted by Gasteiger charge is -2.15. The van der Waals surface area contributed by atoms with Gasteiger partial charge in [-0.05, 0) is 39.9 Å². The van der Waals surface area contributed by atoms with Gasteiger partial charge in [0.15, 0.2) is 8.32 Å². The minimum atomic E-state index is -1.31. The van der Waals surface area contributed by atoms with E-state index in [-0.39, 0.29) is 0 Å². The normalized spacial score (nSPS) is 16.8. The first-order valence-electron chi connectivity index (χ1n) is 8.34. The van der Waals surface area contributed by atoms with Crippen LogP contribution in [0.25, 0.3) is 0 Å². The molecule has 1 aliphatic rings. The molecule has 0 aromatic carbocycles. The van der Waals surface area contributed by atoms with Crippen LogP contribution in [-0.2, 0) is 14.0 Å². The molecule has 0 N–H and O–H groups in total. The van der Waals surface area contributed by atoms with Gasteiger partial charge in [0.25, 0.3) is 0 Å². The molecule has 0 saturated carbocycles. The average Bonchev–Trinajstić information content (AvgIpc) is 2.38. The third-order valence-electron chi connectivity index (χ3n) is 2.30. The maximum atomic E-state index is 8.81. The Morgan fingerprint density at radius 2 is 1.83 bits per heavy atom. The van der Waals surface area contributed by atoms with E-state index in [1.54, 1.807) is 0 Å². The fourth-order valence-corrected chi connectivity index (χ4v) is 2.77. The van der Waals surface area contributed by atoms with Gasteiger partial charge in [-0.25, -0.2) is 0 Å². The van der Waals surface area contributed by atoms with Crippen LogP contribution in [0.15, 0.2) is 12.2 Å². The maximum Gasteiger partial charge on any atom is 0.183 e. The molecule has 134 valence electrons. The van der Waals surface area contributed by atoms with E-state index in [1.807, 2.05) is 0 Å². The monoisotopic (exact) mass is 356 g/mol. The van der Waals surface area contributed by atoms with Gasteiger partial charge in [-0.1, -0.05) is 31.8 Å². The molecule has 0 aliphatic carbocycles. The minimum absolute atomic E-state index is 0.355. The molecule has 0 aromatic heterocycles. The predicted octanol–water partition coefficient (Wildman–Crippen LogP) is 4.67. The van der Waals surface area contributed by atoms with Crippen molar-refractivity contribution in [1.29, 1.82) is 0 Å². The molecule has 0 bridgehead atoms. The number of carbonyl (C=O) groups is 1. The third-order valence-corrected chi connectivity index (χ3v) is 4.29. The zero-order valence-corrected chi connectivity index (χ0v) is 18.4. The Balaban J connectivity index is 0. The lowest BCUT2D eigenvalue weighted by atomic mass is 10.3. The predicted molar refractivity (Wildman–Crippen MR) is 106 cm³/mol. The zero-order valence-electron chi connectivity index (χ0n) is 16.4. The Morgan fingerprint density at radius 1 is 1.26 bits per heavy atom. The summed E-state index contributed by atoms with van der Waals surface area (Å²) in [4.78, 5) is 8.81. The van der Waals surface area contributed by atoms with Gasteiger partial charge < -0.3 is 14.0 Å². The van der Waals surface area contributed by atoms with E-state index in [2.05, 4.69) is 69.8 Å². The highest BCUT2D eigenvalue weighted by atomic mass is 28.4. The molecule has 1 heterocycles. The lowest BCUT2D eigenvalue weighted by molar-refractivity contribution is -0.106. The molecule has 0 saturated heterocycles. The van der Waals surface area contributed by atoms with Crippen molar-refractivity contribution in [1.82, 2.24) is 0 Å². The van der Waals surface area contributed by atoms with Crippen molar-refractivity contribution in [3.8, 4) is 11.5 Å². The van der Waals surface area contributed by atoms with Crippen molar-refractivity contribution in [2.75, 3.05) is 13.2 Å². The number of aldehydes is 1. The van der Waals surface area contributed by atoms with Crippen LogP contribution in [-0.4, -0.2) is 42.0 Å². The van der Waals surface area contributed by atoms with E-state index in [0.29, 0.717) is 6.10 Å². The smallest absolute Gasteiger partial charge is 0.183 e. The van der Waals surface area contributed by atoms with E-state index >= 15 is 0 Å². The highest BCUT2D eigenvalue weighted by molar-refractivity contribution is 6.83. The molecule has 0 radical (unpaired) electrons. The Hall–Kier alpha value is -0.676. The second-order valence-corrected chi connectivity index (χ2v) is 16.6. The van der Waals surface area contributed by atoms with Crippen molar-refractivity contribution in [3.05, 3.63) is 12.2 Å². The topological polar surface area (TPSA) is 35.5 Å².